The van der Waals surface area contributed by atoms with E-state index in [9.17, 15) is 19.5 Å². The number of carbonyl (C=O) groups excluding carboxylic acids is 3. The molecule has 204 valence electrons. The number of ether oxygens (including phenoxy) is 3. The number of benzene rings is 2. The van der Waals surface area contributed by atoms with Gasteiger partial charge >= 0.3 is 11.9 Å². The highest BCUT2D eigenvalue weighted by Crippen LogP contribution is 2.45. The standard InChI is InChI=1S/C29H30N2O7S/c1-5-15-38-20-14-13-19(16-21(20)36-6-2)23-22(24(32)18-11-9-8-10-12-18)25(33)27(34)31(23)29-30-17(4)26(39-29)28(35)37-7-3/h8-14,16,23,32H,5-7,15H2,1-4H3/b24-22+. The van der Waals surface area contributed by atoms with E-state index in [1.54, 1.807) is 62.4 Å². The summed E-state index contributed by atoms with van der Waals surface area (Å²) in [5.41, 5.74) is 1.16. The number of Topliss-reactive ketones (excluding diaryl/α,β-unsaturated/α-hetero) is 1. The second kappa shape index (κ2) is 12.1. The summed E-state index contributed by atoms with van der Waals surface area (Å²) >= 11 is 0.954. The number of aryl methyl sites for hydroxylation is 1. The second-order valence-electron chi connectivity index (χ2n) is 8.65. The number of hydrogen-bond acceptors (Lipinski definition) is 9. The predicted octanol–water partition coefficient (Wildman–Crippen LogP) is 5.44. The summed E-state index contributed by atoms with van der Waals surface area (Å²) in [6, 6.07) is 12.6. The maximum Gasteiger partial charge on any atom is 0.350 e. The molecular weight excluding hydrogens is 520 g/mol. The third-order valence-electron chi connectivity index (χ3n) is 5.99. The first-order chi connectivity index (χ1) is 18.8. The van der Waals surface area contributed by atoms with E-state index in [1.807, 2.05) is 13.8 Å². The summed E-state index contributed by atoms with van der Waals surface area (Å²) in [5.74, 6) is -1.65. The zero-order valence-corrected chi connectivity index (χ0v) is 23.0. The smallest absolute Gasteiger partial charge is 0.350 e. The number of amides is 1. The first-order valence-electron chi connectivity index (χ1n) is 12.7. The molecule has 1 N–H and O–H groups in total. The molecule has 0 bridgehead atoms. The Labute approximate surface area is 230 Å². The summed E-state index contributed by atoms with van der Waals surface area (Å²) in [6.07, 6.45) is 0.802. The van der Waals surface area contributed by atoms with E-state index in [4.69, 9.17) is 14.2 Å². The fourth-order valence-electron chi connectivity index (χ4n) is 4.26. The number of thiazole rings is 1. The summed E-state index contributed by atoms with van der Waals surface area (Å²) in [4.78, 5) is 45.3. The number of nitrogens with zero attached hydrogens (tertiary/aromatic N) is 2. The second-order valence-corrected chi connectivity index (χ2v) is 9.63. The molecule has 2 aromatic carbocycles. The molecule has 1 saturated heterocycles. The number of anilines is 1. The van der Waals surface area contributed by atoms with Crippen LogP contribution < -0.4 is 14.4 Å². The fourth-order valence-corrected chi connectivity index (χ4v) is 5.25. The van der Waals surface area contributed by atoms with Crippen LogP contribution in [0.5, 0.6) is 11.5 Å². The molecule has 39 heavy (non-hydrogen) atoms. The largest absolute Gasteiger partial charge is 0.507 e. The van der Waals surface area contributed by atoms with E-state index in [-0.39, 0.29) is 27.9 Å². The number of carbonyl (C=O) groups is 3. The van der Waals surface area contributed by atoms with Gasteiger partial charge in [0.1, 0.15) is 10.6 Å². The average Bonchev–Trinajstić information content (AvgIpc) is 3.44. The van der Waals surface area contributed by atoms with Gasteiger partial charge < -0.3 is 19.3 Å². The van der Waals surface area contributed by atoms with Gasteiger partial charge in [-0.1, -0.05) is 54.7 Å². The van der Waals surface area contributed by atoms with Gasteiger partial charge in [-0.2, -0.15) is 0 Å². The molecule has 0 spiro atoms. The first kappa shape index (κ1) is 27.8. The van der Waals surface area contributed by atoms with Gasteiger partial charge in [-0.15, -0.1) is 0 Å². The number of aliphatic hydroxyl groups is 1. The number of aromatic nitrogens is 1. The van der Waals surface area contributed by atoms with Crippen LogP contribution in [0.3, 0.4) is 0 Å². The Bertz CT molecular complexity index is 1410. The van der Waals surface area contributed by atoms with Gasteiger partial charge in [0.2, 0.25) is 0 Å². The molecule has 1 aliphatic heterocycles. The van der Waals surface area contributed by atoms with E-state index in [2.05, 4.69) is 4.98 Å². The number of aliphatic hydroxyl groups excluding tert-OH is 1. The average molecular weight is 551 g/mol. The summed E-state index contributed by atoms with van der Waals surface area (Å²) in [7, 11) is 0. The zero-order chi connectivity index (χ0) is 28.1. The Morgan fingerprint density at radius 1 is 1.03 bits per heavy atom. The van der Waals surface area contributed by atoms with E-state index in [1.165, 1.54) is 4.90 Å². The Morgan fingerprint density at radius 3 is 2.44 bits per heavy atom. The highest BCUT2D eigenvalue weighted by atomic mass is 32.1. The van der Waals surface area contributed by atoms with Crippen LogP contribution >= 0.6 is 11.3 Å². The summed E-state index contributed by atoms with van der Waals surface area (Å²) < 4.78 is 16.8. The number of ketones is 1. The maximum absolute atomic E-state index is 13.5. The molecular formula is C29H30N2O7S. The minimum Gasteiger partial charge on any atom is -0.507 e. The lowest BCUT2D eigenvalue weighted by Gasteiger charge is -2.24. The molecule has 2 heterocycles. The Kier molecular flexibility index (Phi) is 8.65. The molecule has 4 rings (SSSR count). The molecule has 1 fully saturated rings. The SMILES string of the molecule is CCCOc1ccc(C2/C(=C(\O)c3ccccc3)C(=O)C(=O)N2c2nc(C)c(C(=O)OCC)s2)cc1OCC. The highest BCUT2D eigenvalue weighted by molar-refractivity contribution is 7.17. The first-order valence-corrected chi connectivity index (χ1v) is 13.5. The van der Waals surface area contributed by atoms with Crippen molar-refractivity contribution in [2.45, 2.75) is 40.2 Å². The summed E-state index contributed by atoms with van der Waals surface area (Å²) in [6.45, 7) is 8.20. The lowest BCUT2D eigenvalue weighted by Crippen LogP contribution is -2.29. The van der Waals surface area contributed by atoms with Gasteiger partial charge in [0.05, 0.1) is 37.1 Å². The van der Waals surface area contributed by atoms with Gasteiger partial charge in [-0.3, -0.25) is 14.5 Å². The van der Waals surface area contributed by atoms with Crippen LogP contribution in [0, 0.1) is 6.92 Å². The molecule has 10 heteroatoms. The molecule has 0 aliphatic carbocycles. The van der Waals surface area contributed by atoms with E-state index in [0.717, 1.165) is 17.8 Å². The Balaban J connectivity index is 1.92. The number of esters is 1. The quantitative estimate of drug-likeness (QED) is 0.154. The topological polar surface area (TPSA) is 115 Å². The third-order valence-corrected chi connectivity index (χ3v) is 7.13. The van der Waals surface area contributed by atoms with Gasteiger partial charge in [-0.25, -0.2) is 9.78 Å². The molecule has 0 radical (unpaired) electrons. The molecule has 1 aromatic heterocycles. The van der Waals surface area contributed by atoms with Crippen molar-refractivity contribution < 1.29 is 33.7 Å². The predicted molar refractivity (Wildman–Crippen MR) is 147 cm³/mol. The Morgan fingerprint density at radius 2 is 1.77 bits per heavy atom. The third kappa shape index (κ3) is 5.51. The molecule has 1 atom stereocenters. The van der Waals surface area contributed by atoms with Crippen LogP contribution in [0.1, 0.15) is 59.7 Å². The van der Waals surface area contributed by atoms with Crippen LogP contribution in [0.2, 0.25) is 0 Å². The van der Waals surface area contributed by atoms with Gasteiger partial charge in [0.15, 0.2) is 16.6 Å². The molecule has 1 unspecified atom stereocenters. The zero-order valence-electron chi connectivity index (χ0n) is 22.2. The molecule has 0 saturated carbocycles. The van der Waals surface area contributed by atoms with Crippen molar-refractivity contribution in [1.29, 1.82) is 0 Å². The molecule has 3 aromatic rings. The van der Waals surface area contributed by atoms with Crippen LogP contribution in [0.4, 0.5) is 5.13 Å². The number of rotatable bonds is 10. The monoisotopic (exact) mass is 550 g/mol. The van der Waals surface area contributed by atoms with E-state index < -0.39 is 23.7 Å². The summed E-state index contributed by atoms with van der Waals surface area (Å²) in [5, 5.41) is 11.4. The van der Waals surface area contributed by atoms with E-state index >= 15 is 0 Å². The minimum absolute atomic E-state index is 0.0959. The maximum atomic E-state index is 13.5. The molecule has 9 nitrogen and oxygen atoms in total. The normalized spacial score (nSPS) is 16.4. The van der Waals surface area contributed by atoms with Crippen molar-refractivity contribution in [2.75, 3.05) is 24.7 Å². The lowest BCUT2D eigenvalue weighted by molar-refractivity contribution is -0.132. The van der Waals surface area contributed by atoms with E-state index in [0.29, 0.717) is 41.5 Å². The molecule has 1 amide bonds. The van der Waals surface area contributed by atoms with Crippen LogP contribution in [0.25, 0.3) is 5.76 Å². The highest BCUT2D eigenvalue weighted by Gasteiger charge is 2.48. The van der Waals surface area contributed by atoms with Crippen molar-refractivity contribution >= 4 is 39.9 Å². The van der Waals surface area contributed by atoms with Crippen molar-refractivity contribution in [3.05, 3.63) is 75.8 Å². The fraction of sp³-hybridized carbons (Fsp3) is 0.310. The van der Waals surface area contributed by atoms with Crippen molar-refractivity contribution in [1.82, 2.24) is 4.98 Å². The van der Waals surface area contributed by atoms with Crippen LogP contribution in [-0.2, 0) is 14.3 Å². The van der Waals surface area contributed by atoms with Crippen LogP contribution in [0.15, 0.2) is 54.1 Å². The van der Waals surface area contributed by atoms with Gasteiger partial charge in [-0.05, 0) is 44.9 Å². The van der Waals surface area contributed by atoms with Crippen molar-refractivity contribution in [3.63, 3.8) is 0 Å². The van der Waals surface area contributed by atoms with Crippen molar-refractivity contribution in [2.24, 2.45) is 0 Å². The van der Waals surface area contributed by atoms with Gasteiger partial charge in [0, 0.05) is 5.56 Å². The van der Waals surface area contributed by atoms with Gasteiger partial charge in [0.25, 0.3) is 5.78 Å². The van der Waals surface area contributed by atoms with Crippen molar-refractivity contribution in [3.8, 4) is 11.5 Å². The Hall–Kier alpha value is -4.18. The molecule has 1 aliphatic rings. The van der Waals surface area contributed by atoms with Crippen LogP contribution in [-0.4, -0.2) is 47.6 Å². The number of hydrogen-bond donors (Lipinski definition) is 1. The lowest BCUT2D eigenvalue weighted by atomic mass is 9.95. The minimum atomic E-state index is -1.04.